The zero-order chi connectivity index (χ0) is 27.2. The summed E-state index contributed by atoms with van der Waals surface area (Å²) in [6, 6.07) is 15.3. The van der Waals surface area contributed by atoms with E-state index in [0.29, 0.717) is 29.8 Å². The Morgan fingerprint density at radius 3 is 2.38 bits per heavy atom. The maximum absolute atomic E-state index is 10.8. The van der Waals surface area contributed by atoms with Gasteiger partial charge in [0, 0.05) is 12.7 Å². The quantitative estimate of drug-likeness (QED) is 0.146. The predicted molar refractivity (Wildman–Crippen MR) is 147 cm³/mol. The molecule has 1 heterocycles. The average molecular weight is 507 g/mol. The molecule has 0 amide bonds. The first-order valence-corrected chi connectivity index (χ1v) is 11.8. The third-order valence-corrected chi connectivity index (χ3v) is 5.57. The fraction of sp³-hybridized carbons (Fsp3) is 0.286. The largest absolute Gasteiger partial charge is 0.505 e. The van der Waals surface area contributed by atoms with Crippen molar-refractivity contribution in [2.24, 2.45) is 5.10 Å². The van der Waals surface area contributed by atoms with Crippen LogP contribution >= 0.6 is 0 Å². The molecule has 0 unspecified atom stereocenters. The number of nitrogens with one attached hydrogen (secondary N) is 3. The van der Waals surface area contributed by atoms with E-state index >= 15 is 0 Å². The van der Waals surface area contributed by atoms with Crippen LogP contribution in [-0.2, 0) is 27.2 Å². The summed E-state index contributed by atoms with van der Waals surface area (Å²) in [5.41, 5.74) is 7.78. The van der Waals surface area contributed by atoms with Crippen LogP contribution in [-0.4, -0.2) is 43.4 Å². The third kappa shape index (κ3) is 8.64. The summed E-state index contributed by atoms with van der Waals surface area (Å²) >= 11 is 0. The molecule has 37 heavy (non-hydrogen) atoms. The normalized spacial score (nSPS) is 11.9. The van der Waals surface area contributed by atoms with Crippen LogP contribution in [0.15, 0.2) is 58.0 Å². The zero-order valence-electron chi connectivity index (χ0n) is 21.6. The molecular weight excluding hydrogens is 472 g/mol. The zero-order valence-corrected chi connectivity index (χ0v) is 21.6. The van der Waals surface area contributed by atoms with E-state index in [9.17, 15) is 9.90 Å². The Morgan fingerprint density at radius 1 is 1.11 bits per heavy atom. The maximum Gasteiger partial charge on any atom is 0.292 e. The van der Waals surface area contributed by atoms with Gasteiger partial charge in [0.05, 0.1) is 24.1 Å². The SMILES string of the molecule is CC(=N)/C(C=O)=N/Nc1cccc(-c2ccc(C)o2)c1O.CNc1ccc2c(c1)CCCC2.COC=O. The fourth-order valence-electron chi connectivity index (χ4n) is 3.62. The summed E-state index contributed by atoms with van der Waals surface area (Å²) in [5, 5.41) is 24.6. The lowest BCUT2D eigenvalue weighted by atomic mass is 9.91. The molecule has 0 aliphatic heterocycles. The summed E-state index contributed by atoms with van der Waals surface area (Å²) in [4.78, 5) is 19.7. The van der Waals surface area contributed by atoms with Crippen LogP contribution in [0, 0.1) is 12.3 Å². The lowest BCUT2D eigenvalue weighted by Crippen LogP contribution is -2.12. The Kier molecular flexibility index (Phi) is 11.6. The number of phenolic OH excluding ortho intramolecular Hbond substituents is 1. The number of hydrazone groups is 1. The number of aryl methyl sites for hydroxylation is 3. The third-order valence-electron chi connectivity index (χ3n) is 5.57. The first kappa shape index (κ1) is 28.8. The van der Waals surface area contributed by atoms with Crippen molar-refractivity contribution >= 4 is 35.6 Å². The second-order valence-electron chi connectivity index (χ2n) is 8.24. The number of carbonyl (C=O) groups is 2. The van der Waals surface area contributed by atoms with E-state index in [1.807, 2.05) is 14.0 Å². The van der Waals surface area contributed by atoms with E-state index in [-0.39, 0.29) is 17.2 Å². The molecule has 9 heteroatoms. The number of rotatable bonds is 7. The number of aromatic hydroxyl groups is 1. The highest BCUT2D eigenvalue weighted by atomic mass is 16.5. The van der Waals surface area contributed by atoms with Crippen LogP contribution in [0.2, 0.25) is 0 Å². The molecule has 1 aliphatic rings. The summed E-state index contributed by atoms with van der Waals surface area (Å²) in [5.74, 6) is 1.24. The number of para-hydroxylation sites is 1. The number of nitrogens with zero attached hydrogens (tertiary/aromatic N) is 1. The molecule has 0 atom stereocenters. The van der Waals surface area contributed by atoms with Gasteiger partial charge in [-0.3, -0.25) is 15.0 Å². The van der Waals surface area contributed by atoms with Crippen molar-refractivity contribution in [3.8, 4) is 17.1 Å². The van der Waals surface area contributed by atoms with E-state index in [2.05, 4.69) is 38.8 Å². The van der Waals surface area contributed by atoms with E-state index in [1.54, 1.807) is 41.5 Å². The molecule has 2 aromatic carbocycles. The van der Waals surface area contributed by atoms with Gasteiger partial charge in [0.25, 0.3) is 6.47 Å². The number of hydrogen-bond acceptors (Lipinski definition) is 9. The minimum Gasteiger partial charge on any atom is -0.505 e. The van der Waals surface area contributed by atoms with Crippen molar-refractivity contribution in [1.29, 1.82) is 5.41 Å². The smallest absolute Gasteiger partial charge is 0.292 e. The van der Waals surface area contributed by atoms with Gasteiger partial charge in [0.15, 0.2) is 12.0 Å². The number of furan rings is 1. The van der Waals surface area contributed by atoms with E-state index < -0.39 is 0 Å². The monoisotopic (exact) mass is 506 g/mol. The van der Waals surface area contributed by atoms with Gasteiger partial charge in [-0.05, 0) is 87.1 Å². The maximum atomic E-state index is 10.8. The topological polar surface area (TPSA) is 137 Å². The number of hydrogen-bond donors (Lipinski definition) is 4. The van der Waals surface area contributed by atoms with Gasteiger partial charge in [0.1, 0.15) is 17.2 Å². The van der Waals surface area contributed by atoms with E-state index in [1.165, 1.54) is 45.4 Å². The summed E-state index contributed by atoms with van der Waals surface area (Å²) in [7, 11) is 3.29. The lowest BCUT2D eigenvalue weighted by Gasteiger charge is -2.16. The van der Waals surface area contributed by atoms with Gasteiger partial charge in [0.2, 0.25) is 0 Å². The number of anilines is 2. The molecule has 196 valence electrons. The Bertz CT molecular complexity index is 1230. The molecule has 0 saturated carbocycles. The number of benzene rings is 2. The molecule has 0 fully saturated rings. The van der Waals surface area contributed by atoms with Crippen molar-refractivity contribution in [1.82, 2.24) is 0 Å². The van der Waals surface area contributed by atoms with Crippen LogP contribution in [0.25, 0.3) is 11.3 Å². The molecule has 3 aromatic rings. The van der Waals surface area contributed by atoms with Crippen LogP contribution < -0.4 is 10.7 Å². The highest BCUT2D eigenvalue weighted by Gasteiger charge is 2.12. The first-order chi connectivity index (χ1) is 17.8. The number of aldehydes is 1. The number of carbonyl (C=O) groups excluding carboxylic acids is 2. The predicted octanol–water partition coefficient (Wildman–Crippen LogP) is 5.36. The lowest BCUT2D eigenvalue weighted by molar-refractivity contribution is -0.126. The van der Waals surface area contributed by atoms with Crippen LogP contribution in [0.1, 0.15) is 36.7 Å². The van der Waals surface area contributed by atoms with Gasteiger partial charge < -0.3 is 25.0 Å². The summed E-state index contributed by atoms with van der Waals surface area (Å²) in [6.45, 7) is 3.65. The van der Waals surface area contributed by atoms with Crippen LogP contribution in [0.4, 0.5) is 11.4 Å². The van der Waals surface area contributed by atoms with Gasteiger partial charge in [-0.15, -0.1) is 0 Å². The molecule has 9 nitrogen and oxygen atoms in total. The highest BCUT2D eigenvalue weighted by Crippen LogP contribution is 2.36. The Hall–Kier alpha value is -4.40. The minimum absolute atomic E-state index is 0.0337. The number of methoxy groups -OCH3 is 1. The first-order valence-electron chi connectivity index (χ1n) is 11.8. The molecular formula is C28H34N4O5. The highest BCUT2D eigenvalue weighted by molar-refractivity contribution is 6.60. The van der Waals surface area contributed by atoms with Crippen molar-refractivity contribution < 1.29 is 23.8 Å². The Morgan fingerprint density at radius 2 is 1.81 bits per heavy atom. The fourth-order valence-corrected chi connectivity index (χ4v) is 3.62. The molecule has 0 radical (unpaired) electrons. The van der Waals surface area contributed by atoms with Crippen molar-refractivity contribution in [2.75, 3.05) is 24.9 Å². The second kappa shape index (κ2) is 14.9. The van der Waals surface area contributed by atoms with Gasteiger partial charge >= 0.3 is 0 Å². The summed E-state index contributed by atoms with van der Waals surface area (Å²) < 4.78 is 9.34. The van der Waals surface area contributed by atoms with Gasteiger partial charge in [-0.1, -0.05) is 12.1 Å². The Labute approximate surface area is 217 Å². The molecule has 1 aromatic heterocycles. The number of fused-ring (bicyclic) bond motifs is 1. The minimum atomic E-state index is -0.0384. The van der Waals surface area contributed by atoms with E-state index in [0.717, 1.165) is 5.76 Å². The summed E-state index contributed by atoms with van der Waals surface area (Å²) in [6.07, 6.45) is 5.75. The van der Waals surface area contributed by atoms with Gasteiger partial charge in [-0.2, -0.15) is 5.10 Å². The molecule has 4 rings (SSSR count). The van der Waals surface area contributed by atoms with E-state index in [4.69, 9.17) is 14.6 Å². The average Bonchev–Trinajstić information content (AvgIpc) is 3.35. The molecule has 0 bridgehead atoms. The number of phenols is 1. The van der Waals surface area contributed by atoms with Crippen molar-refractivity contribution in [3.63, 3.8) is 0 Å². The van der Waals surface area contributed by atoms with Gasteiger partial charge in [-0.25, -0.2) is 0 Å². The van der Waals surface area contributed by atoms with Crippen LogP contribution in [0.3, 0.4) is 0 Å². The molecule has 0 spiro atoms. The van der Waals surface area contributed by atoms with Crippen LogP contribution in [0.5, 0.6) is 5.75 Å². The Balaban J connectivity index is 0.000000252. The molecule has 0 saturated heterocycles. The van der Waals surface area contributed by atoms with Crippen molar-refractivity contribution in [2.45, 2.75) is 39.5 Å². The number of ether oxygens (including phenoxy) is 1. The second-order valence-corrected chi connectivity index (χ2v) is 8.24. The molecule has 4 N–H and O–H groups in total. The standard InChI is InChI=1S/C15H15N3O3.C11H15N.C2H4O2/c1-9-6-7-14(21-9)11-4-3-5-12(15(11)20)17-18-13(8-19)10(2)16;1-12-11-7-6-9-4-2-3-5-10(9)8-11;1-4-2-3/h3-8,16-17,20H,1-2H3;6-8,12H,2-5H2,1H3;2H,1H3/b16-10?,18-13+;;. The van der Waals surface area contributed by atoms with Crippen molar-refractivity contribution in [3.05, 3.63) is 65.4 Å². The molecule has 1 aliphatic carbocycles.